The van der Waals surface area contributed by atoms with Gasteiger partial charge in [-0.3, -0.25) is 0 Å². The molecule has 7 unspecified atom stereocenters. The Morgan fingerprint density at radius 2 is 1.35 bits per heavy atom. The molecule has 3 rings (SSSR count). The molecule has 0 aromatic rings. The zero-order valence-electron chi connectivity index (χ0n) is 16.9. The maximum absolute atomic E-state index is 2.67. The molecule has 0 amide bonds. The van der Waals surface area contributed by atoms with Crippen LogP contribution in [0.25, 0.3) is 0 Å². The first-order valence-electron chi connectivity index (χ1n) is 10.7. The molecule has 3 fully saturated rings. The van der Waals surface area contributed by atoms with E-state index < -0.39 is 0 Å². The normalized spacial score (nSPS) is 45.7. The maximum atomic E-state index is 2.67. The molecule has 134 valence electrons. The van der Waals surface area contributed by atoms with Crippen molar-refractivity contribution in [1.29, 1.82) is 0 Å². The van der Waals surface area contributed by atoms with Gasteiger partial charge in [0.1, 0.15) is 0 Å². The molecule has 3 saturated carbocycles. The monoisotopic (exact) mass is 318 g/mol. The van der Waals surface area contributed by atoms with Crippen LogP contribution in [0.15, 0.2) is 0 Å². The first kappa shape index (κ1) is 17.8. The summed E-state index contributed by atoms with van der Waals surface area (Å²) in [4.78, 5) is 0. The second-order valence-corrected chi connectivity index (χ2v) is 11.1. The van der Waals surface area contributed by atoms with Crippen molar-refractivity contribution in [3.8, 4) is 0 Å². The summed E-state index contributed by atoms with van der Waals surface area (Å²) < 4.78 is 0. The van der Waals surface area contributed by atoms with E-state index in [-0.39, 0.29) is 0 Å². The van der Waals surface area contributed by atoms with E-state index in [0.717, 1.165) is 53.3 Å². The number of rotatable bonds is 6. The van der Waals surface area contributed by atoms with Gasteiger partial charge in [-0.15, -0.1) is 0 Å². The molecule has 3 aliphatic carbocycles. The molecule has 0 heterocycles. The number of hydrogen-bond acceptors (Lipinski definition) is 0. The van der Waals surface area contributed by atoms with Gasteiger partial charge in [0.25, 0.3) is 0 Å². The highest BCUT2D eigenvalue weighted by atomic mass is 14.7. The molecule has 0 nitrogen and oxygen atoms in total. The van der Waals surface area contributed by atoms with Gasteiger partial charge in [-0.1, -0.05) is 48.5 Å². The third-order valence-corrected chi connectivity index (χ3v) is 7.88. The van der Waals surface area contributed by atoms with Gasteiger partial charge in [0.2, 0.25) is 0 Å². The standard InChI is InChI=1S/C23H42/c1-14(2)10-18-19(11-15(3)4)21-12-20(18)17-8-9-23(7,22(17)21)13-16(5)6/h14-22H,8-13H2,1-7H3. The molecular weight excluding hydrogens is 276 g/mol. The van der Waals surface area contributed by atoms with E-state index >= 15 is 0 Å². The molecular formula is C23H42. The zero-order valence-corrected chi connectivity index (χ0v) is 16.9. The fraction of sp³-hybridized carbons (Fsp3) is 1.00. The smallest absolute Gasteiger partial charge is 0.0290 e. The van der Waals surface area contributed by atoms with Crippen LogP contribution >= 0.6 is 0 Å². The van der Waals surface area contributed by atoms with E-state index in [4.69, 9.17) is 0 Å². The predicted octanol–water partition coefficient (Wildman–Crippen LogP) is 7.04. The molecule has 7 atom stereocenters. The van der Waals surface area contributed by atoms with Crippen molar-refractivity contribution >= 4 is 0 Å². The van der Waals surface area contributed by atoms with Gasteiger partial charge >= 0.3 is 0 Å². The van der Waals surface area contributed by atoms with Crippen LogP contribution in [0.4, 0.5) is 0 Å². The molecule has 0 aromatic heterocycles. The van der Waals surface area contributed by atoms with E-state index in [0.29, 0.717) is 5.41 Å². The second kappa shape index (κ2) is 6.38. The highest BCUT2D eigenvalue weighted by molar-refractivity contribution is 5.12. The summed E-state index contributed by atoms with van der Waals surface area (Å²) in [6.45, 7) is 17.4. The Morgan fingerprint density at radius 3 is 1.87 bits per heavy atom. The number of fused-ring (bicyclic) bond motifs is 5. The first-order valence-corrected chi connectivity index (χ1v) is 10.7. The van der Waals surface area contributed by atoms with Crippen LogP contribution in [0.1, 0.15) is 87.0 Å². The molecule has 0 spiro atoms. The van der Waals surface area contributed by atoms with Crippen molar-refractivity contribution in [2.45, 2.75) is 87.0 Å². The third-order valence-electron chi connectivity index (χ3n) is 7.88. The fourth-order valence-electron chi connectivity index (χ4n) is 7.84. The van der Waals surface area contributed by atoms with Crippen LogP contribution in [0.3, 0.4) is 0 Å². The van der Waals surface area contributed by atoms with Crippen LogP contribution in [-0.4, -0.2) is 0 Å². The van der Waals surface area contributed by atoms with Gasteiger partial charge in [-0.2, -0.15) is 0 Å². The van der Waals surface area contributed by atoms with Crippen molar-refractivity contribution in [3.63, 3.8) is 0 Å². The predicted molar refractivity (Wildman–Crippen MR) is 101 cm³/mol. The minimum atomic E-state index is 0.663. The third kappa shape index (κ3) is 3.13. The SMILES string of the molecule is CC(C)CC1C2CC(C1CC(C)C)C1C2CCC1(C)CC(C)C. The largest absolute Gasteiger partial charge is 0.0628 e. The molecule has 0 N–H and O–H groups in total. The van der Waals surface area contributed by atoms with E-state index in [9.17, 15) is 0 Å². The molecule has 0 heteroatoms. The highest BCUT2D eigenvalue weighted by Gasteiger charge is 2.63. The Balaban J connectivity index is 1.83. The molecule has 0 radical (unpaired) electrons. The quantitative estimate of drug-likeness (QED) is 0.492. The lowest BCUT2D eigenvalue weighted by Crippen LogP contribution is -2.39. The fourth-order valence-corrected chi connectivity index (χ4v) is 7.84. The van der Waals surface area contributed by atoms with Gasteiger partial charge < -0.3 is 0 Å². The summed E-state index contributed by atoms with van der Waals surface area (Å²) in [6.07, 6.45) is 9.15. The van der Waals surface area contributed by atoms with Crippen LogP contribution in [0, 0.1) is 58.7 Å². The lowest BCUT2D eigenvalue weighted by molar-refractivity contribution is 0.0274. The van der Waals surface area contributed by atoms with Crippen molar-refractivity contribution in [2.75, 3.05) is 0 Å². The zero-order chi connectivity index (χ0) is 16.9. The Hall–Kier alpha value is 0. The maximum Gasteiger partial charge on any atom is -0.0290 e. The molecule has 0 aromatic carbocycles. The average molecular weight is 319 g/mol. The van der Waals surface area contributed by atoms with E-state index in [2.05, 4.69) is 48.5 Å². The summed E-state index contributed by atoms with van der Waals surface area (Å²) >= 11 is 0. The molecule has 0 aliphatic heterocycles. The van der Waals surface area contributed by atoms with Gasteiger partial charge in [0, 0.05) is 0 Å². The molecule has 2 bridgehead atoms. The summed E-state index contributed by atoms with van der Waals surface area (Å²) in [5.41, 5.74) is 0.663. The Bertz CT molecular complexity index is 406. The average Bonchev–Trinajstić information content (AvgIpc) is 3.01. The van der Waals surface area contributed by atoms with Crippen molar-refractivity contribution in [3.05, 3.63) is 0 Å². The minimum absolute atomic E-state index is 0.663. The van der Waals surface area contributed by atoms with E-state index in [1.165, 1.54) is 25.7 Å². The molecule has 0 saturated heterocycles. The summed E-state index contributed by atoms with van der Waals surface area (Å²) in [5.74, 6) is 9.07. The lowest BCUT2D eigenvalue weighted by Gasteiger charge is -2.45. The highest BCUT2D eigenvalue weighted by Crippen LogP contribution is 2.70. The van der Waals surface area contributed by atoms with Gasteiger partial charge in [0.05, 0.1) is 0 Å². The van der Waals surface area contributed by atoms with Crippen molar-refractivity contribution in [2.24, 2.45) is 58.7 Å². The molecule has 23 heavy (non-hydrogen) atoms. The second-order valence-electron chi connectivity index (χ2n) is 11.1. The molecule has 3 aliphatic rings. The summed E-state index contributed by atoms with van der Waals surface area (Å²) in [5, 5.41) is 0. The van der Waals surface area contributed by atoms with E-state index in [1.807, 2.05) is 0 Å². The van der Waals surface area contributed by atoms with Gasteiger partial charge in [-0.05, 0) is 97.2 Å². The minimum Gasteiger partial charge on any atom is -0.0628 e. The number of hydrogen-bond donors (Lipinski definition) is 0. The van der Waals surface area contributed by atoms with Gasteiger partial charge in [-0.25, -0.2) is 0 Å². The Morgan fingerprint density at radius 1 is 0.783 bits per heavy atom. The first-order chi connectivity index (χ1) is 10.7. The topological polar surface area (TPSA) is 0 Å². The van der Waals surface area contributed by atoms with Gasteiger partial charge in [0.15, 0.2) is 0 Å². The van der Waals surface area contributed by atoms with Crippen LogP contribution in [0.5, 0.6) is 0 Å². The van der Waals surface area contributed by atoms with E-state index in [1.54, 1.807) is 12.8 Å². The van der Waals surface area contributed by atoms with Crippen molar-refractivity contribution < 1.29 is 0 Å². The summed E-state index contributed by atoms with van der Waals surface area (Å²) in [6, 6.07) is 0. The van der Waals surface area contributed by atoms with Crippen LogP contribution in [-0.2, 0) is 0 Å². The van der Waals surface area contributed by atoms with Crippen LogP contribution in [0.2, 0.25) is 0 Å². The van der Waals surface area contributed by atoms with Crippen LogP contribution < -0.4 is 0 Å². The Labute approximate surface area is 146 Å². The summed E-state index contributed by atoms with van der Waals surface area (Å²) in [7, 11) is 0. The Kier molecular flexibility index (Phi) is 4.94. The lowest BCUT2D eigenvalue weighted by atomic mass is 9.59. The van der Waals surface area contributed by atoms with Crippen molar-refractivity contribution in [1.82, 2.24) is 0 Å².